The summed E-state index contributed by atoms with van der Waals surface area (Å²) < 4.78 is 41.7. The van der Waals surface area contributed by atoms with Gasteiger partial charge in [0.15, 0.2) is 0 Å². The zero-order valence-electron chi connectivity index (χ0n) is 19.5. The van der Waals surface area contributed by atoms with Crippen LogP contribution >= 0.6 is 23.2 Å². The molecule has 1 radical (unpaired) electrons. The minimum absolute atomic E-state index is 0. The van der Waals surface area contributed by atoms with E-state index in [0.717, 1.165) is 6.07 Å². The Kier molecular flexibility index (Phi) is 18.4. The van der Waals surface area contributed by atoms with Crippen LogP contribution in [0.4, 0.5) is 24.5 Å². The number of carbonyl (C=O) groups is 1. The minimum atomic E-state index is -4.36. The Bertz CT molecular complexity index is 1090. The quantitative estimate of drug-likeness (QED) is 0.179. The third-order valence-electron chi connectivity index (χ3n) is 3.94. The Morgan fingerprint density at radius 1 is 1.08 bits per heavy atom. The third-order valence-corrected chi connectivity index (χ3v) is 3.94. The molecule has 193 valence electrons. The van der Waals surface area contributed by atoms with Crippen molar-refractivity contribution in [1.29, 1.82) is 0 Å². The van der Waals surface area contributed by atoms with Crippen molar-refractivity contribution in [2.45, 2.75) is 20.0 Å². The van der Waals surface area contributed by atoms with Crippen LogP contribution in [0.2, 0.25) is 0 Å². The fraction of sp³-hybridized carbons (Fsp3) is 0.217. The third kappa shape index (κ3) is 13.2. The average molecular weight is 788 g/mol. The molecule has 6 nitrogen and oxygen atoms in total. The molecule has 0 aliphatic carbocycles. The predicted octanol–water partition coefficient (Wildman–Crippen LogP) is 5.74. The molecule has 0 bridgehead atoms. The number of halogens is 5. The van der Waals surface area contributed by atoms with Gasteiger partial charge in [0.05, 0.1) is 5.34 Å². The minimum Gasteiger partial charge on any atom is -0.517 e. The maximum absolute atomic E-state index is 12.0. The number of nitrogens with one attached hydrogen (secondary N) is 1. The van der Waals surface area contributed by atoms with E-state index in [1.165, 1.54) is 6.07 Å². The fourth-order valence-corrected chi connectivity index (χ4v) is 2.31. The molecular weight excluding hydrogens is 765 g/mol. The van der Waals surface area contributed by atoms with Gasteiger partial charge in [-0.15, -0.1) is 53.0 Å². The molecule has 2 aromatic carbocycles. The van der Waals surface area contributed by atoms with E-state index in [-0.39, 0.29) is 70.7 Å². The van der Waals surface area contributed by atoms with Gasteiger partial charge in [-0.05, 0) is 6.92 Å². The molecule has 5 N–H and O–H groups in total. The molecular formula is C23H23Cl2F3N4O2WY-2. The summed E-state index contributed by atoms with van der Waals surface area (Å²) in [5.74, 6) is 0.893. The van der Waals surface area contributed by atoms with E-state index >= 15 is 0 Å². The number of amides is 1. The van der Waals surface area contributed by atoms with Crippen LogP contribution in [0.1, 0.15) is 27.3 Å². The summed E-state index contributed by atoms with van der Waals surface area (Å²) in [5.41, 5.74) is 12.3. The Balaban J connectivity index is 0. The SMILES string of the molecule is CNC(=O)c1cc(Oc2c[c-]c(N)cc2)cc(C)n1.Cc1c[c-]c(C(F)(F)F)cc1N.ClCCl.[W].[Y]. The van der Waals surface area contributed by atoms with Crippen molar-refractivity contribution in [1.82, 2.24) is 10.3 Å². The number of carbonyl (C=O) groups excluding carboxylic acids is 1. The number of rotatable bonds is 3. The first-order valence-electron chi connectivity index (χ1n) is 9.54. The van der Waals surface area contributed by atoms with Gasteiger partial charge in [0.25, 0.3) is 5.91 Å². The van der Waals surface area contributed by atoms with Crippen LogP contribution in [-0.2, 0) is 60.0 Å². The van der Waals surface area contributed by atoms with E-state index in [2.05, 4.69) is 22.4 Å². The summed E-state index contributed by atoms with van der Waals surface area (Å²) in [5, 5.41) is 2.72. The Labute approximate surface area is 257 Å². The van der Waals surface area contributed by atoms with Crippen molar-refractivity contribution in [3.05, 3.63) is 77.1 Å². The molecule has 36 heavy (non-hydrogen) atoms. The van der Waals surface area contributed by atoms with Crippen molar-refractivity contribution in [2.75, 3.05) is 23.9 Å². The van der Waals surface area contributed by atoms with Crippen LogP contribution in [0.15, 0.2) is 42.5 Å². The molecule has 0 spiro atoms. The molecule has 0 fully saturated rings. The van der Waals surface area contributed by atoms with Gasteiger partial charge in [-0.25, -0.2) is 4.98 Å². The first-order chi connectivity index (χ1) is 15.9. The molecule has 13 heteroatoms. The van der Waals surface area contributed by atoms with Crippen molar-refractivity contribution < 1.29 is 76.5 Å². The number of anilines is 2. The molecule has 0 aliphatic heterocycles. The van der Waals surface area contributed by atoms with E-state index in [0.29, 0.717) is 34.1 Å². The first-order valence-corrected chi connectivity index (χ1v) is 10.6. The summed E-state index contributed by atoms with van der Waals surface area (Å²) in [6.45, 7) is 3.43. The molecule has 0 saturated heterocycles. The largest absolute Gasteiger partial charge is 0.517 e. The maximum Gasteiger partial charge on any atom is 0.394 e. The number of aryl methyl sites for hydroxylation is 2. The zero-order chi connectivity index (χ0) is 25.9. The summed E-state index contributed by atoms with van der Waals surface area (Å²) in [6, 6.07) is 15.5. The van der Waals surface area contributed by atoms with Gasteiger partial charge in [-0.1, -0.05) is 23.9 Å². The number of hydrogen-bond acceptors (Lipinski definition) is 5. The standard InChI is InChI=1S/C14H14N3O2.C8H7F3N.CH2Cl2.W.Y/c1-9-7-12(8-13(17-9)14(18)16-2)19-11-5-3-10(15)4-6-11;1-5-2-3-6(4-7(5)12)8(9,10)11;2-1-3;;/h3,5-8H,15H2,1-2H3,(H,16,18);2,4H,12H2,1H3;1H2;;/q2*-1;;;. The van der Waals surface area contributed by atoms with Crippen LogP contribution in [-0.4, -0.2) is 23.3 Å². The van der Waals surface area contributed by atoms with E-state index < -0.39 is 11.7 Å². The predicted molar refractivity (Wildman–Crippen MR) is 128 cm³/mol. The first kappa shape index (κ1) is 36.8. The van der Waals surface area contributed by atoms with Gasteiger partial charge >= 0.3 is 6.18 Å². The van der Waals surface area contributed by atoms with Crippen molar-refractivity contribution in [3.8, 4) is 11.5 Å². The molecule has 0 saturated carbocycles. The molecule has 1 heterocycles. The molecule has 0 aliphatic rings. The summed E-state index contributed by atoms with van der Waals surface area (Å²) in [7, 11) is 1.56. The summed E-state index contributed by atoms with van der Waals surface area (Å²) in [6.07, 6.45) is -4.36. The van der Waals surface area contributed by atoms with Crippen LogP contribution in [0.3, 0.4) is 0 Å². The second-order valence-electron chi connectivity index (χ2n) is 6.57. The molecule has 0 unspecified atom stereocenters. The van der Waals surface area contributed by atoms with Crippen LogP contribution in [0, 0.1) is 26.0 Å². The molecule has 1 amide bonds. The summed E-state index contributed by atoms with van der Waals surface area (Å²) in [4.78, 5) is 15.7. The normalized spacial score (nSPS) is 9.67. The van der Waals surface area contributed by atoms with Gasteiger partial charge in [-0.3, -0.25) is 4.79 Å². The van der Waals surface area contributed by atoms with E-state index in [9.17, 15) is 18.0 Å². The van der Waals surface area contributed by atoms with Gasteiger partial charge < -0.3 is 21.5 Å². The number of aromatic nitrogens is 1. The molecule has 3 rings (SSSR count). The van der Waals surface area contributed by atoms with Crippen molar-refractivity contribution in [2.24, 2.45) is 0 Å². The van der Waals surface area contributed by atoms with Crippen molar-refractivity contribution in [3.63, 3.8) is 0 Å². The van der Waals surface area contributed by atoms with E-state index in [1.54, 1.807) is 51.2 Å². The second-order valence-corrected chi connectivity index (χ2v) is 7.38. The van der Waals surface area contributed by atoms with Gasteiger partial charge in [-0.2, -0.15) is 31.4 Å². The number of ether oxygens (including phenoxy) is 1. The number of pyridine rings is 1. The Morgan fingerprint density at radius 2 is 1.69 bits per heavy atom. The zero-order valence-corrected chi connectivity index (χ0v) is 26.8. The van der Waals surface area contributed by atoms with Crippen LogP contribution in [0.25, 0.3) is 0 Å². The number of nitrogens with two attached hydrogens (primary N) is 2. The number of nitrogen functional groups attached to an aromatic ring is 2. The monoisotopic (exact) mass is 787 g/mol. The molecule has 1 aromatic heterocycles. The number of alkyl halides is 5. The Hall–Kier alpha value is -1.38. The van der Waals surface area contributed by atoms with Gasteiger partial charge in [0.1, 0.15) is 11.4 Å². The smallest absolute Gasteiger partial charge is 0.394 e. The van der Waals surface area contributed by atoms with E-state index in [4.69, 9.17) is 39.4 Å². The molecule has 0 atom stereocenters. The van der Waals surface area contributed by atoms with Crippen LogP contribution < -0.4 is 21.5 Å². The topological polar surface area (TPSA) is 103 Å². The second kappa shape index (κ2) is 18.0. The molecule has 3 aromatic rings. The number of hydrogen-bond donors (Lipinski definition) is 3. The van der Waals surface area contributed by atoms with Gasteiger partial charge in [0.2, 0.25) is 0 Å². The van der Waals surface area contributed by atoms with E-state index in [1.807, 2.05) is 0 Å². The maximum atomic E-state index is 12.0. The van der Waals surface area contributed by atoms with Crippen molar-refractivity contribution >= 4 is 40.5 Å². The fourth-order valence-electron chi connectivity index (χ4n) is 2.31. The Morgan fingerprint density at radius 3 is 2.17 bits per heavy atom. The average Bonchev–Trinajstić information content (AvgIpc) is 2.76. The number of benzene rings is 2. The van der Waals surface area contributed by atoms with Gasteiger partial charge in [0, 0.05) is 84.4 Å². The van der Waals surface area contributed by atoms with Crippen LogP contribution in [0.5, 0.6) is 11.5 Å². The number of nitrogens with zero attached hydrogens (tertiary/aromatic N) is 1. The summed E-state index contributed by atoms with van der Waals surface area (Å²) >= 11 is 9.53.